The second-order valence-corrected chi connectivity index (χ2v) is 3.88. The minimum atomic E-state index is 0.329. The van der Waals surface area contributed by atoms with E-state index < -0.39 is 0 Å². The Hall–Kier alpha value is -1.61. The highest BCUT2D eigenvalue weighted by Gasteiger charge is 2.20. The Morgan fingerprint density at radius 1 is 1.20 bits per heavy atom. The van der Waals surface area contributed by atoms with Crippen molar-refractivity contribution >= 4 is 0 Å². The molecular formula is C12H13N3. The van der Waals surface area contributed by atoms with E-state index >= 15 is 0 Å². The lowest BCUT2D eigenvalue weighted by molar-refractivity contribution is 0.480. The van der Waals surface area contributed by atoms with E-state index in [9.17, 15) is 0 Å². The van der Waals surface area contributed by atoms with Crippen LogP contribution in [0.1, 0.15) is 23.0 Å². The molecule has 0 unspecified atom stereocenters. The number of rotatable bonds is 1. The van der Waals surface area contributed by atoms with Gasteiger partial charge in [-0.05, 0) is 17.5 Å². The minimum Gasteiger partial charge on any atom is -0.347 e. The summed E-state index contributed by atoms with van der Waals surface area (Å²) in [6.45, 7) is 0.932. The Morgan fingerprint density at radius 2 is 2.07 bits per heavy atom. The molecule has 1 aliphatic rings. The summed E-state index contributed by atoms with van der Waals surface area (Å²) in [5.74, 6) is 1.03. The van der Waals surface area contributed by atoms with Crippen molar-refractivity contribution in [3.8, 4) is 0 Å². The van der Waals surface area contributed by atoms with Crippen LogP contribution in [0.5, 0.6) is 0 Å². The molecule has 1 atom stereocenters. The van der Waals surface area contributed by atoms with Gasteiger partial charge in [-0.2, -0.15) is 0 Å². The molecule has 1 aliphatic heterocycles. The van der Waals surface area contributed by atoms with Gasteiger partial charge >= 0.3 is 0 Å². The van der Waals surface area contributed by atoms with Crippen molar-refractivity contribution in [3.05, 3.63) is 53.6 Å². The lowest BCUT2D eigenvalue weighted by Crippen LogP contribution is -2.29. The van der Waals surface area contributed by atoms with Crippen molar-refractivity contribution in [3.63, 3.8) is 0 Å². The van der Waals surface area contributed by atoms with E-state index in [0.29, 0.717) is 6.04 Å². The molecule has 15 heavy (non-hydrogen) atoms. The summed E-state index contributed by atoms with van der Waals surface area (Å²) in [5.41, 5.74) is 2.83. The van der Waals surface area contributed by atoms with Crippen molar-refractivity contribution in [2.75, 3.05) is 0 Å². The molecule has 76 valence electrons. The maximum Gasteiger partial charge on any atom is 0.123 e. The molecule has 0 amide bonds. The number of benzene rings is 1. The van der Waals surface area contributed by atoms with Gasteiger partial charge in [-0.25, -0.2) is 4.98 Å². The van der Waals surface area contributed by atoms with E-state index in [1.807, 2.05) is 6.20 Å². The van der Waals surface area contributed by atoms with E-state index in [4.69, 9.17) is 0 Å². The van der Waals surface area contributed by atoms with Crippen LogP contribution in [-0.4, -0.2) is 9.97 Å². The van der Waals surface area contributed by atoms with Crippen LogP contribution in [-0.2, 0) is 13.0 Å². The molecular weight excluding hydrogens is 186 g/mol. The summed E-state index contributed by atoms with van der Waals surface area (Å²) in [7, 11) is 0. The van der Waals surface area contributed by atoms with E-state index in [2.05, 4.69) is 39.6 Å². The number of aromatic nitrogens is 2. The van der Waals surface area contributed by atoms with Gasteiger partial charge in [-0.1, -0.05) is 24.3 Å². The summed E-state index contributed by atoms with van der Waals surface area (Å²) < 4.78 is 0. The van der Waals surface area contributed by atoms with E-state index in [1.54, 1.807) is 6.20 Å². The molecule has 1 aromatic heterocycles. The van der Waals surface area contributed by atoms with Gasteiger partial charge in [0.1, 0.15) is 5.82 Å². The third-order valence-electron chi connectivity index (χ3n) is 2.93. The molecule has 0 spiro atoms. The Morgan fingerprint density at radius 3 is 2.87 bits per heavy atom. The fourth-order valence-corrected chi connectivity index (χ4v) is 2.12. The molecule has 2 heterocycles. The summed E-state index contributed by atoms with van der Waals surface area (Å²) in [6, 6.07) is 8.90. The first-order valence-electron chi connectivity index (χ1n) is 5.23. The van der Waals surface area contributed by atoms with E-state index in [-0.39, 0.29) is 0 Å². The molecule has 3 heteroatoms. The third kappa shape index (κ3) is 1.55. The number of aromatic amines is 1. The molecule has 0 bridgehead atoms. The van der Waals surface area contributed by atoms with E-state index in [0.717, 1.165) is 18.8 Å². The number of hydrogen-bond acceptors (Lipinski definition) is 2. The van der Waals surface area contributed by atoms with Crippen LogP contribution in [0.4, 0.5) is 0 Å². The molecule has 1 aromatic carbocycles. The van der Waals surface area contributed by atoms with Gasteiger partial charge < -0.3 is 10.3 Å². The van der Waals surface area contributed by atoms with Crippen molar-refractivity contribution in [1.82, 2.24) is 15.3 Å². The minimum absolute atomic E-state index is 0.329. The van der Waals surface area contributed by atoms with Crippen molar-refractivity contribution < 1.29 is 0 Å². The van der Waals surface area contributed by atoms with Gasteiger partial charge in [0.2, 0.25) is 0 Å². The molecule has 0 saturated heterocycles. The second kappa shape index (κ2) is 3.51. The van der Waals surface area contributed by atoms with Crippen LogP contribution in [0.15, 0.2) is 36.7 Å². The number of H-pyrrole nitrogens is 1. The van der Waals surface area contributed by atoms with Gasteiger partial charge in [0.15, 0.2) is 0 Å². The molecule has 2 N–H and O–H groups in total. The zero-order chi connectivity index (χ0) is 10.1. The summed E-state index contributed by atoms with van der Waals surface area (Å²) >= 11 is 0. The average Bonchev–Trinajstić information content (AvgIpc) is 2.82. The monoisotopic (exact) mass is 199 g/mol. The van der Waals surface area contributed by atoms with Crippen molar-refractivity contribution in [2.24, 2.45) is 0 Å². The van der Waals surface area contributed by atoms with Crippen LogP contribution >= 0.6 is 0 Å². The Kier molecular flexibility index (Phi) is 2.03. The van der Waals surface area contributed by atoms with E-state index in [1.165, 1.54) is 11.1 Å². The Balaban J connectivity index is 1.89. The Labute approximate surface area is 88.6 Å². The quantitative estimate of drug-likeness (QED) is 0.735. The highest BCUT2D eigenvalue weighted by atomic mass is 15.0. The highest BCUT2D eigenvalue weighted by Crippen LogP contribution is 2.23. The first kappa shape index (κ1) is 8.68. The number of fused-ring (bicyclic) bond motifs is 1. The van der Waals surface area contributed by atoms with Gasteiger partial charge in [0.05, 0.1) is 6.04 Å². The summed E-state index contributed by atoms with van der Waals surface area (Å²) in [5, 5.41) is 3.48. The lowest BCUT2D eigenvalue weighted by atomic mass is 9.96. The fraction of sp³-hybridized carbons (Fsp3) is 0.250. The molecule has 2 aromatic rings. The molecule has 0 radical (unpaired) electrons. The average molecular weight is 199 g/mol. The predicted octanol–water partition coefficient (Wildman–Crippen LogP) is 1.80. The standard InChI is InChI=1S/C12H13N3/c1-2-4-10-8-15-11(7-9(10)3-1)12-13-5-6-14-12/h1-6,11,15H,7-8H2,(H,13,14)/t11-/m0/s1. The largest absolute Gasteiger partial charge is 0.347 e. The number of nitrogens with one attached hydrogen (secondary N) is 2. The van der Waals surface area contributed by atoms with Crippen LogP contribution in [0.2, 0.25) is 0 Å². The van der Waals surface area contributed by atoms with Gasteiger partial charge in [-0.3, -0.25) is 0 Å². The van der Waals surface area contributed by atoms with Crippen molar-refractivity contribution in [2.45, 2.75) is 19.0 Å². The zero-order valence-electron chi connectivity index (χ0n) is 8.40. The number of nitrogens with zero attached hydrogens (tertiary/aromatic N) is 1. The van der Waals surface area contributed by atoms with Crippen LogP contribution in [0.3, 0.4) is 0 Å². The zero-order valence-corrected chi connectivity index (χ0v) is 8.40. The molecule has 0 fully saturated rings. The Bertz CT molecular complexity index is 448. The smallest absolute Gasteiger partial charge is 0.123 e. The molecule has 0 saturated carbocycles. The highest BCUT2D eigenvalue weighted by molar-refractivity contribution is 5.30. The SMILES string of the molecule is c1ccc2c(c1)CN[C@H](c1ncc[nH]1)C2. The molecule has 0 aliphatic carbocycles. The summed E-state index contributed by atoms with van der Waals surface area (Å²) in [4.78, 5) is 7.46. The van der Waals surface area contributed by atoms with Gasteiger partial charge in [-0.15, -0.1) is 0 Å². The first-order valence-corrected chi connectivity index (χ1v) is 5.23. The van der Waals surface area contributed by atoms with Crippen molar-refractivity contribution in [1.29, 1.82) is 0 Å². The second-order valence-electron chi connectivity index (χ2n) is 3.88. The van der Waals surface area contributed by atoms with Gasteiger partial charge in [0.25, 0.3) is 0 Å². The molecule has 3 rings (SSSR count). The maximum absolute atomic E-state index is 4.29. The fourth-order valence-electron chi connectivity index (χ4n) is 2.12. The number of imidazole rings is 1. The lowest BCUT2D eigenvalue weighted by Gasteiger charge is -2.24. The topological polar surface area (TPSA) is 40.7 Å². The maximum atomic E-state index is 4.29. The van der Waals surface area contributed by atoms with Crippen LogP contribution in [0, 0.1) is 0 Å². The summed E-state index contributed by atoms with van der Waals surface area (Å²) in [6.07, 6.45) is 4.69. The number of hydrogen-bond donors (Lipinski definition) is 2. The normalized spacial score (nSPS) is 19.9. The van der Waals surface area contributed by atoms with Crippen LogP contribution < -0.4 is 5.32 Å². The predicted molar refractivity (Wildman–Crippen MR) is 58.3 cm³/mol. The molecule has 3 nitrogen and oxygen atoms in total. The van der Waals surface area contributed by atoms with Crippen LogP contribution in [0.25, 0.3) is 0 Å². The third-order valence-corrected chi connectivity index (χ3v) is 2.93. The first-order chi connectivity index (χ1) is 7.43. The van der Waals surface area contributed by atoms with Gasteiger partial charge in [0, 0.05) is 18.9 Å².